The van der Waals surface area contributed by atoms with Gasteiger partial charge in [-0.2, -0.15) is 0 Å². The van der Waals surface area contributed by atoms with E-state index in [-0.39, 0.29) is 18.1 Å². The molecule has 1 aromatic heterocycles. The molecule has 6 heteroatoms. The number of esters is 1. The van der Waals surface area contributed by atoms with E-state index in [1.54, 1.807) is 17.5 Å². The summed E-state index contributed by atoms with van der Waals surface area (Å²) in [6, 6.07) is 15.9. The van der Waals surface area contributed by atoms with Crippen LogP contribution in [0.1, 0.15) is 21.6 Å². The lowest BCUT2D eigenvalue weighted by Crippen LogP contribution is -2.06. The van der Waals surface area contributed by atoms with E-state index >= 15 is 0 Å². The van der Waals surface area contributed by atoms with Crippen molar-refractivity contribution in [3.63, 3.8) is 0 Å². The molecule has 0 saturated carbocycles. The number of benzene rings is 2. The first-order chi connectivity index (χ1) is 11.7. The summed E-state index contributed by atoms with van der Waals surface area (Å²) in [6.07, 6.45) is 0. The van der Waals surface area contributed by atoms with Crippen LogP contribution in [0.15, 0.2) is 60.0 Å². The third-order valence-corrected chi connectivity index (χ3v) is 4.06. The maximum Gasteiger partial charge on any atom is 0.358 e. The van der Waals surface area contributed by atoms with Crippen molar-refractivity contribution in [2.24, 2.45) is 0 Å². The molecule has 0 radical (unpaired) electrons. The average Bonchev–Trinajstić information content (AvgIpc) is 3.08. The molecule has 0 atom stereocenters. The average molecular weight is 342 g/mol. The van der Waals surface area contributed by atoms with Crippen LogP contribution in [0.3, 0.4) is 0 Å². The van der Waals surface area contributed by atoms with Gasteiger partial charge in [0.25, 0.3) is 0 Å². The molecule has 24 heavy (non-hydrogen) atoms. The van der Waals surface area contributed by atoms with Crippen LogP contribution in [0.25, 0.3) is 0 Å². The normalized spacial score (nSPS) is 10.4. The molecule has 3 rings (SSSR count). The quantitative estimate of drug-likeness (QED) is 0.680. The molecule has 0 unspecified atom stereocenters. The highest BCUT2D eigenvalue weighted by Gasteiger charge is 2.12. The van der Waals surface area contributed by atoms with Crippen LogP contribution >= 0.6 is 11.3 Å². The van der Waals surface area contributed by atoms with E-state index in [9.17, 15) is 9.18 Å². The van der Waals surface area contributed by atoms with Gasteiger partial charge in [-0.3, -0.25) is 0 Å². The fraction of sp³-hybridized carbons (Fsp3) is 0.111. The molecule has 2 aromatic carbocycles. The van der Waals surface area contributed by atoms with Crippen molar-refractivity contribution in [3.05, 3.63) is 82.6 Å². The first-order valence-corrected chi connectivity index (χ1v) is 8.23. The van der Waals surface area contributed by atoms with E-state index in [4.69, 9.17) is 4.74 Å². The second kappa shape index (κ2) is 7.70. The van der Waals surface area contributed by atoms with Crippen molar-refractivity contribution in [2.75, 3.05) is 5.32 Å². The molecule has 122 valence electrons. The Morgan fingerprint density at radius 3 is 2.71 bits per heavy atom. The lowest BCUT2D eigenvalue weighted by Gasteiger charge is -2.03. The Kier molecular flexibility index (Phi) is 5.18. The van der Waals surface area contributed by atoms with E-state index in [0.29, 0.717) is 17.2 Å². The summed E-state index contributed by atoms with van der Waals surface area (Å²) in [5, 5.41) is 5.46. The number of halogens is 1. The number of hydrogen-bond donors (Lipinski definition) is 1. The summed E-state index contributed by atoms with van der Waals surface area (Å²) in [6.45, 7) is 0.646. The Balaban J connectivity index is 1.53. The van der Waals surface area contributed by atoms with E-state index in [1.807, 2.05) is 30.3 Å². The van der Waals surface area contributed by atoms with Gasteiger partial charge < -0.3 is 10.1 Å². The number of hydrogen-bond acceptors (Lipinski definition) is 5. The predicted molar refractivity (Wildman–Crippen MR) is 91.4 cm³/mol. The van der Waals surface area contributed by atoms with Crippen LogP contribution in [0.2, 0.25) is 0 Å². The predicted octanol–water partition coefficient (Wildman–Crippen LogP) is 4.25. The number of ether oxygens (including phenoxy) is 1. The zero-order valence-electron chi connectivity index (χ0n) is 12.7. The van der Waals surface area contributed by atoms with Crippen LogP contribution in [0, 0.1) is 5.82 Å². The van der Waals surface area contributed by atoms with Gasteiger partial charge in [0.2, 0.25) is 0 Å². The van der Waals surface area contributed by atoms with Gasteiger partial charge in [0.15, 0.2) is 10.8 Å². The van der Waals surface area contributed by atoms with Crippen LogP contribution in [0.4, 0.5) is 9.52 Å². The van der Waals surface area contributed by atoms with Gasteiger partial charge in [0, 0.05) is 11.9 Å². The standard InChI is InChI=1S/C18H15FN2O2S/c19-15-8-4-7-14(9-15)11-23-17(22)16-12-24-18(21-16)20-10-13-5-2-1-3-6-13/h1-9,12H,10-11H2,(H,20,21). The molecule has 0 amide bonds. The summed E-state index contributed by atoms with van der Waals surface area (Å²) in [7, 11) is 0. The molecule has 4 nitrogen and oxygen atoms in total. The second-order valence-corrected chi connectivity index (χ2v) is 5.94. The summed E-state index contributed by atoms with van der Waals surface area (Å²) >= 11 is 1.34. The summed E-state index contributed by atoms with van der Waals surface area (Å²) in [5.41, 5.74) is 1.97. The summed E-state index contributed by atoms with van der Waals surface area (Å²) in [4.78, 5) is 16.2. The number of anilines is 1. The van der Waals surface area contributed by atoms with E-state index in [2.05, 4.69) is 10.3 Å². The fourth-order valence-corrected chi connectivity index (χ4v) is 2.75. The third kappa shape index (κ3) is 4.39. The summed E-state index contributed by atoms with van der Waals surface area (Å²) < 4.78 is 18.2. The van der Waals surface area contributed by atoms with Crippen molar-refractivity contribution in [3.8, 4) is 0 Å². The SMILES string of the molecule is O=C(OCc1cccc(F)c1)c1csc(NCc2ccccc2)n1. The van der Waals surface area contributed by atoms with Crippen LogP contribution in [-0.2, 0) is 17.9 Å². The monoisotopic (exact) mass is 342 g/mol. The molecule has 0 aliphatic carbocycles. The molecule has 0 aliphatic heterocycles. The van der Waals surface area contributed by atoms with Gasteiger partial charge >= 0.3 is 5.97 Å². The van der Waals surface area contributed by atoms with Gasteiger partial charge in [-0.1, -0.05) is 42.5 Å². The van der Waals surface area contributed by atoms with Gasteiger partial charge in [0.05, 0.1) is 0 Å². The zero-order valence-corrected chi connectivity index (χ0v) is 13.6. The highest BCUT2D eigenvalue weighted by atomic mass is 32.1. The molecule has 0 aliphatic rings. The maximum atomic E-state index is 13.1. The Hall–Kier alpha value is -2.73. The third-order valence-electron chi connectivity index (χ3n) is 3.26. The van der Waals surface area contributed by atoms with Crippen molar-refractivity contribution in [2.45, 2.75) is 13.2 Å². The lowest BCUT2D eigenvalue weighted by molar-refractivity contribution is 0.0466. The smallest absolute Gasteiger partial charge is 0.358 e. The number of carbonyl (C=O) groups excluding carboxylic acids is 1. The largest absolute Gasteiger partial charge is 0.456 e. The Morgan fingerprint density at radius 1 is 1.12 bits per heavy atom. The topological polar surface area (TPSA) is 51.2 Å². The number of nitrogens with zero attached hydrogens (tertiary/aromatic N) is 1. The van der Waals surface area contributed by atoms with E-state index < -0.39 is 5.97 Å². The number of aromatic nitrogens is 1. The zero-order chi connectivity index (χ0) is 16.8. The minimum absolute atomic E-state index is 0.0148. The molecule has 0 bridgehead atoms. The summed E-state index contributed by atoms with van der Waals surface area (Å²) in [5.74, 6) is -0.882. The van der Waals surface area contributed by atoms with Crippen molar-refractivity contribution in [1.82, 2.24) is 4.98 Å². The Labute approximate surface area is 142 Å². The van der Waals surface area contributed by atoms with Crippen molar-refractivity contribution >= 4 is 22.4 Å². The number of rotatable bonds is 6. The van der Waals surface area contributed by atoms with Gasteiger partial charge in [-0.05, 0) is 23.3 Å². The first-order valence-electron chi connectivity index (χ1n) is 7.35. The highest BCUT2D eigenvalue weighted by molar-refractivity contribution is 7.13. The molecule has 3 aromatic rings. The Morgan fingerprint density at radius 2 is 1.92 bits per heavy atom. The van der Waals surface area contributed by atoms with Gasteiger partial charge in [-0.25, -0.2) is 14.2 Å². The number of thiazole rings is 1. The van der Waals surface area contributed by atoms with E-state index in [1.165, 1.54) is 23.5 Å². The van der Waals surface area contributed by atoms with Gasteiger partial charge in [0.1, 0.15) is 12.4 Å². The molecule has 0 saturated heterocycles. The number of carbonyl (C=O) groups is 1. The van der Waals surface area contributed by atoms with Crippen LogP contribution < -0.4 is 5.32 Å². The Bertz CT molecular complexity index is 821. The molecular formula is C18H15FN2O2S. The van der Waals surface area contributed by atoms with Crippen molar-refractivity contribution < 1.29 is 13.9 Å². The minimum atomic E-state index is -0.525. The number of nitrogens with one attached hydrogen (secondary N) is 1. The molecular weight excluding hydrogens is 327 g/mol. The van der Waals surface area contributed by atoms with E-state index in [0.717, 1.165) is 5.56 Å². The minimum Gasteiger partial charge on any atom is -0.456 e. The van der Waals surface area contributed by atoms with Crippen LogP contribution in [0.5, 0.6) is 0 Å². The molecule has 1 heterocycles. The highest BCUT2D eigenvalue weighted by Crippen LogP contribution is 2.17. The fourth-order valence-electron chi connectivity index (χ4n) is 2.07. The van der Waals surface area contributed by atoms with Crippen molar-refractivity contribution in [1.29, 1.82) is 0 Å². The second-order valence-electron chi connectivity index (χ2n) is 5.08. The molecule has 0 spiro atoms. The molecule has 0 fully saturated rings. The first kappa shape index (κ1) is 16.1. The molecule has 1 N–H and O–H groups in total. The van der Waals surface area contributed by atoms with Gasteiger partial charge in [-0.15, -0.1) is 11.3 Å². The maximum absolute atomic E-state index is 13.1. The lowest BCUT2D eigenvalue weighted by atomic mass is 10.2. The van der Waals surface area contributed by atoms with Crippen LogP contribution in [-0.4, -0.2) is 11.0 Å².